The summed E-state index contributed by atoms with van der Waals surface area (Å²) in [7, 11) is -3.67. The number of piperidine rings is 1. The van der Waals surface area contributed by atoms with Crippen molar-refractivity contribution in [3.63, 3.8) is 0 Å². The predicted octanol–water partition coefficient (Wildman–Crippen LogP) is 0.741. The van der Waals surface area contributed by atoms with Crippen LogP contribution in [-0.2, 0) is 19.6 Å². The van der Waals surface area contributed by atoms with Crippen molar-refractivity contribution in [3.8, 4) is 0 Å². The van der Waals surface area contributed by atoms with Crippen LogP contribution in [-0.4, -0.2) is 56.4 Å². The van der Waals surface area contributed by atoms with Gasteiger partial charge < -0.3 is 10.2 Å². The zero-order chi connectivity index (χ0) is 19.6. The summed E-state index contributed by atoms with van der Waals surface area (Å²) in [6.45, 7) is 2.94. The van der Waals surface area contributed by atoms with E-state index in [-0.39, 0.29) is 23.9 Å². The van der Waals surface area contributed by atoms with Gasteiger partial charge in [-0.3, -0.25) is 14.4 Å². The van der Waals surface area contributed by atoms with Crippen molar-refractivity contribution in [2.45, 2.75) is 26.2 Å². The van der Waals surface area contributed by atoms with Crippen molar-refractivity contribution in [2.75, 3.05) is 29.7 Å². The second kappa shape index (κ2) is 7.67. The van der Waals surface area contributed by atoms with Crippen LogP contribution in [0.3, 0.4) is 0 Å². The number of likely N-dealkylation sites (tertiary alicyclic amines) is 1. The molecule has 0 radical (unpaired) electrons. The quantitative estimate of drug-likeness (QED) is 0.813. The predicted molar refractivity (Wildman–Crippen MR) is 99.6 cm³/mol. The van der Waals surface area contributed by atoms with Crippen LogP contribution in [0, 0.1) is 5.92 Å². The van der Waals surface area contributed by atoms with E-state index in [4.69, 9.17) is 0 Å². The van der Waals surface area contributed by atoms with Gasteiger partial charge in [0.1, 0.15) is 0 Å². The first-order valence-electron chi connectivity index (χ1n) is 9.02. The Morgan fingerprint density at radius 3 is 2.30 bits per heavy atom. The largest absolute Gasteiger partial charge is 0.343 e. The molecular formula is C18H23N3O5S. The zero-order valence-electron chi connectivity index (χ0n) is 15.2. The molecule has 0 saturated carbocycles. The number of hydrogen-bond acceptors (Lipinski definition) is 5. The van der Waals surface area contributed by atoms with Gasteiger partial charge in [0.15, 0.2) is 0 Å². The molecule has 1 aromatic rings. The molecule has 1 N–H and O–H groups in total. The Kier molecular flexibility index (Phi) is 5.50. The summed E-state index contributed by atoms with van der Waals surface area (Å²) in [6.07, 6.45) is 3.09. The van der Waals surface area contributed by atoms with Gasteiger partial charge in [-0.25, -0.2) is 12.7 Å². The molecule has 0 spiro atoms. The maximum atomic E-state index is 12.2. The number of carbonyl (C=O) groups excluding carboxylic acids is 3. The maximum Gasteiger partial charge on any atom is 0.251 e. The number of sulfonamides is 1. The molecule has 9 heteroatoms. The lowest BCUT2D eigenvalue weighted by molar-refractivity contribution is -0.131. The first-order valence-corrected chi connectivity index (χ1v) is 10.6. The second-order valence-electron chi connectivity index (χ2n) is 6.95. The molecular weight excluding hydrogens is 370 g/mol. The SMILES string of the molecule is CC1CS(=O)(=O)N(c2ccc(C(=O)NCC(=O)N3CCCCC3)cc2)C1=O. The van der Waals surface area contributed by atoms with Crippen LogP contribution in [0.25, 0.3) is 0 Å². The fourth-order valence-electron chi connectivity index (χ4n) is 3.35. The molecule has 3 rings (SSSR count). The fraction of sp³-hybridized carbons (Fsp3) is 0.500. The standard InChI is InChI=1S/C18H23N3O5S/c1-13-12-27(25,26)21(18(13)24)15-7-5-14(6-8-15)17(23)19-11-16(22)20-9-3-2-4-10-20/h5-8,13H,2-4,9-12H2,1H3,(H,19,23). The second-order valence-corrected chi connectivity index (χ2v) is 8.82. The molecule has 3 amide bonds. The lowest BCUT2D eigenvalue weighted by Gasteiger charge is -2.26. The molecule has 1 atom stereocenters. The van der Waals surface area contributed by atoms with E-state index in [2.05, 4.69) is 5.32 Å². The Balaban J connectivity index is 1.62. The van der Waals surface area contributed by atoms with Crippen molar-refractivity contribution in [2.24, 2.45) is 5.92 Å². The van der Waals surface area contributed by atoms with Gasteiger partial charge in [-0.2, -0.15) is 0 Å². The van der Waals surface area contributed by atoms with Crippen molar-refractivity contribution in [1.82, 2.24) is 10.2 Å². The van der Waals surface area contributed by atoms with Crippen molar-refractivity contribution in [3.05, 3.63) is 29.8 Å². The number of nitrogens with one attached hydrogen (secondary N) is 1. The van der Waals surface area contributed by atoms with Gasteiger partial charge in [0.2, 0.25) is 21.8 Å². The number of hydrogen-bond donors (Lipinski definition) is 1. The van der Waals surface area contributed by atoms with E-state index in [0.717, 1.165) is 36.7 Å². The van der Waals surface area contributed by atoms with Crippen LogP contribution in [0.2, 0.25) is 0 Å². The number of carbonyl (C=O) groups is 3. The monoisotopic (exact) mass is 393 g/mol. The van der Waals surface area contributed by atoms with Crippen LogP contribution >= 0.6 is 0 Å². The fourth-order valence-corrected chi connectivity index (χ4v) is 5.17. The van der Waals surface area contributed by atoms with Crippen molar-refractivity contribution in [1.29, 1.82) is 0 Å². The first kappa shape index (κ1) is 19.3. The summed E-state index contributed by atoms with van der Waals surface area (Å²) in [5, 5.41) is 2.59. The molecule has 2 aliphatic rings. The first-order chi connectivity index (χ1) is 12.8. The van der Waals surface area contributed by atoms with Crippen LogP contribution in [0.1, 0.15) is 36.5 Å². The number of benzene rings is 1. The van der Waals surface area contributed by atoms with Gasteiger partial charge in [0, 0.05) is 18.7 Å². The van der Waals surface area contributed by atoms with Gasteiger partial charge in [-0.05, 0) is 43.5 Å². The molecule has 146 valence electrons. The molecule has 0 aliphatic carbocycles. The van der Waals surface area contributed by atoms with Gasteiger partial charge in [-0.1, -0.05) is 6.92 Å². The zero-order valence-corrected chi connectivity index (χ0v) is 16.0. The highest BCUT2D eigenvalue weighted by Gasteiger charge is 2.41. The van der Waals surface area contributed by atoms with E-state index in [1.165, 1.54) is 24.3 Å². The highest BCUT2D eigenvalue weighted by molar-refractivity contribution is 7.94. The Morgan fingerprint density at radius 2 is 1.74 bits per heavy atom. The summed E-state index contributed by atoms with van der Waals surface area (Å²) >= 11 is 0. The third-order valence-corrected chi connectivity index (χ3v) is 6.70. The third kappa shape index (κ3) is 4.13. The lowest BCUT2D eigenvalue weighted by atomic mass is 10.1. The normalized spacial score (nSPS) is 22.0. The lowest BCUT2D eigenvalue weighted by Crippen LogP contribution is -2.42. The van der Waals surface area contributed by atoms with E-state index in [0.29, 0.717) is 5.56 Å². The van der Waals surface area contributed by atoms with Crippen LogP contribution in [0.4, 0.5) is 5.69 Å². The summed E-state index contributed by atoms with van der Waals surface area (Å²) in [5.41, 5.74) is 0.507. The molecule has 2 fully saturated rings. The van der Waals surface area contributed by atoms with Crippen LogP contribution in [0.5, 0.6) is 0 Å². The van der Waals surface area contributed by atoms with E-state index in [1.54, 1.807) is 11.8 Å². The van der Waals surface area contributed by atoms with E-state index >= 15 is 0 Å². The topological polar surface area (TPSA) is 104 Å². The maximum absolute atomic E-state index is 12.2. The summed E-state index contributed by atoms with van der Waals surface area (Å²) < 4.78 is 25.0. The Morgan fingerprint density at radius 1 is 1.11 bits per heavy atom. The average molecular weight is 393 g/mol. The smallest absolute Gasteiger partial charge is 0.251 e. The Bertz CT molecular complexity index is 844. The van der Waals surface area contributed by atoms with Crippen molar-refractivity contribution < 1.29 is 22.8 Å². The minimum Gasteiger partial charge on any atom is -0.343 e. The molecule has 8 nitrogen and oxygen atoms in total. The van der Waals surface area contributed by atoms with E-state index < -0.39 is 27.8 Å². The number of rotatable bonds is 4. The van der Waals surface area contributed by atoms with Crippen LogP contribution in [0.15, 0.2) is 24.3 Å². The highest BCUT2D eigenvalue weighted by Crippen LogP contribution is 2.28. The molecule has 1 aromatic carbocycles. The number of nitrogens with zero attached hydrogens (tertiary/aromatic N) is 2. The Hall–Kier alpha value is -2.42. The minimum absolute atomic E-state index is 0.0723. The summed E-state index contributed by atoms with van der Waals surface area (Å²) in [4.78, 5) is 38.2. The highest BCUT2D eigenvalue weighted by atomic mass is 32.2. The van der Waals surface area contributed by atoms with Gasteiger partial charge in [-0.15, -0.1) is 0 Å². The molecule has 0 bridgehead atoms. The molecule has 0 aromatic heterocycles. The number of amides is 3. The van der Waals surface area contributed by atoms with Crippen LogP contribution < -0.4 is 9.62 Å². The molecule has 2 aliphatic heterocycles. The molecule has 27 heavy (non-hydrogen) atoms. The molecule has 2 heterocycles. The van der Waals surface area contributed by atoms with Gasteiger partial charge in [0.25, 0.3) is 5.91 Å². The van der Waals surface area contributed by atoms with Gasteiger partial charge >= 0.3 is 0 Å². The molecule has 2 saturated heterocycles. The Labute approximate surface area is 158 Å². The van der Waals surface area contributed by atoms with E-state index in [9.17, 15) is 22.8 Å². The molecule has 1 unspecified atom stereocenters. The van der Waals surface area contributed by atoms with E-state index in [1.807, 2.05) is 0 Å². The minimum atomic E-state index is -3.67. The summed E-state index contributed by atoms with van der Waals surface area (Å²) in [6, 6.07) is 5.74. The third-order valence-electron chi connectivity index (χ3n) is 4.83. The summed E-state index contributed by atoms with van der Waals surface area (Å²) in [5.74, 6) is -1.80. The average Bonchev–Trinajstić information content (AvgIpc) is 2.87. The van der Waals surface area contributed by atoms with Gasteiger partial charge in [0.05, 0.1) is 23.9 Å². The number of anilines is 1. The van der Waals surface area contributed by atoms with Crippen molar-refractivity contribution >= 4 is 33.4 Å².